The molecular formula is C24H33N3O4S. The lowest BCUT2D eigenvalue weighted by molar-refractivity contribution is -0.139. The molecule has 0 saturated heterocycles. The van der Waals surface area contributed by atoms with Crippen LogP contribution in [0.25, 0.3) is 0 Å². The highest BCUT2D eigenvalue weighted by atomic mass is 32.2. The zero-order valence-corrected chi connectivity index (χ0v) is 20.4. The van der Waals surface area contributed by atoms with Crippen LogP contribution in [0.15, 0.2) is 48.5 Å². The van der Waals surface area contributed by atoms with Gasteiger partial charge in [-0.15, -0.1) is 0 Å². The first-order chi connectivity index (χ1) is 15.0. The van der Waals surface area contributed by atoms with E-state index in [4.69, 9.17) is 0 Å². The zero-order chi connectivity index (χ0) is 24.1. The summed E-state index contributed by atoms with van der Waals surface area (Å²) in [6, 6.07) is 14.1. The van der Waals surface area contributed by atoms with Crippen LogP contribution in [0.5, 0.6) is 0 Å². The number of carbonyl (C=O) groups is 2. The number of para-hydroxylation sites is 1. The fourth-order valence-corrected chi connectivity index (χ4v) is 4.46. The first-order valence-electron chi connectivity index (χ1n) is 10.6. The molecule has 0 fully saturated rings. The topological polar surface area (TPSA) is 86.8 Å². The summed E-state index contributed by atoms with van der Waals surface area (Å²) in [6.07, 6.45) is 1.09. The van der Waals surface area contributed by atoms with Crippen LogP contribution in [0.4, 0.5) is 5.69 Å². The molecule has 32 heavy (non-hydrogen) atoms. The molecule has 0 aromatic heterocycles. The van der Waals surface area contributed by atoms with E-state index in [0.29, 0.717) is 5.69 Å². The molecule has 1 atom stereocenters. The highest BCUT2D eigenvalue weighted by molar-refractivity contribution is 7.92. The third-order valence-corrected chi connectivity index (χ3v) is 6.48. The lowest BCUT2D eigenvalue weighted by Gasteiger charge is -2.32. The molecule has 0 aliphatic rings. The Hall–Kier alpha value is -2.87. The van der Waals surface area contributed by atoms with Gasteiger partial charge in [0.15, 0.2) is 0 Å². The molecule has 2 aromatic carbocycles. The number of sulfonamides is 1. The van der Waals surface area contributed by atoms with Crippen molar-refractivity contribution in [2.45, 2.75) is 46.2 Å². The normalized spacial score (nSPS) is 12.3. The van der Waals surface area contributed by atoms with Crippen molar-refractivity contribution in [1.82, 2.24) is 10.2 Å². The lowest BCUT2D eigenvalue weighted by Crippen LogP contribution is -2.50. The van der Waals surface area contributed by atoms with Crippen LogP contribution in [0, 0.1) is 6.92 Å². The summed E-state index contributed by atoms with van der Waals surface area (Å²) in [6.45, 7) is 7.33. The Morgan fingerprint density at radius 1 is 1.03 bits per heavy atom. The van der Waals surface area contributed by atoms with Crippen LogP contribution in [0.2, 0.25) is 0 Å². The van der Waals surface area contributed by atoms with Crippen LogP contribution in [0.1, 0.15) is 43.4 Å². The van der Waals surface area contributed by atoms with Gasteiger partial charge in [0, 0.05) is 13.6 Å². The van der Waals surface area contributed by atoms with Crippen LogP contribution < -0.4 is 9.62 Å². The maximum atomic E-state index is 13.4. The van der Waals surface area contributed by atoms with Gasteiger partial charge in [-0.2, -0.15) is 0 Å². The molecule has 8 heteroatoms. The first kappa shape index (κ1) is 25.4. The van der Waals surface area contributed by atoms with E-state index in [9.17, 15) is 18.0 Å². The van der Waals surface area contributed by atoms with Gasteiger partial charge >= 0.3 is 0 Å². The maximum absolute atomic E-state index is 13.4. The van der Waals surface area contributed by atoms with Crippen molar-refractivity contribution in [2.24, 2.45) is 0 Å². The minimum atomic E-state index is -3.75. The summed E-state index contributed by atoms with van der Waals surface area (Å²) in [5, 5.41) is 2.57. The second-order valence-electron chi connectivity index (χ2n) is 8.28. The number of hydrogen-bond acceptors (Lipinski definition) is 4. The Morgan fingerprint density at radius 3 is 2.25 bits per heavy atom. The number of anilines is 1. The van der Waals surface area contributed by atoms with Gasteiger partial charge in [0.1, 0.15) is 12.6 Å². The molecule has 2 rings (SSSR count). The Bertz CT molecular complexity index is 1070. The molecule has 0 heterocycles. The molecule has 2 aromatic rings. The predicted molar refractivity (Wildman–Crippen MR) is 128 cm³/mol. The van der Waals surface area contributed by atoms with Crippen molar-refractivity contribution in [1.29, 1.82) is 0 Å². The average molecular weight is 460 g/mol. The molecule has 0 aliphatic carbocycles. The number of amides is 2. The molecule has 174 valence electrons. The molecule has 0 aliphatic heterocycles. The number of nitrogens with one attached hydrogen (secondary N) is 1. The molecular weight excluding hydrogens is 426 g/mol. The SMILES string of the molecule is CNC(=O)C(C)N(Cc1cccc(C)c1)C(=O)CN(c1ccccc1C(C)C)S(C)(=O)=O. The van der Waals surface area contributed by atoms with Gasteiger partial charge in [-0.25, -0.2) is 8.42 Å². The summed E-state index contributed by atoms with van der Waals surface area (Å²) in [5.74, 6) is -0.704. The van der Waals surface area contributed by atoms with Crippen molar-refractivity contribution in [3.05, 3.63) is 65.2 Å². The molecule has 1 N–H and O–H groups in total. The highest BCUT2D eigenvalue weighted by Crippen LogP contribution is 2.29. The number of aryl methyl sites for hydroxylation is 1. The van der Waals surface area contributed by atoms with E-state index >= 15 is 0 Å². The standard InChI is InChI=1S/C24H33N3O4S/c1-17(2)21-12-7-8-13-22(21)27(32(6,30)31)16-23(28)26(19(4)24(29)25-5)15-20-11-9-10-18(3)14-20/h7-14,17,19H,15-16H2,1-6H3,(H,25,29). The van der Waals surface area contributed by atoms with E-state index in [1.54, 1.807) is 19.1 Å². The number of benzene rings is 2. The van der Waals surface area contributed by atoms with E-state index in [2.05, 4.69) is 5.32 Å². The van der Waals surface area contributed by atoms with E-state index in [1.807, 2.05) is 57.2 Å². The monoisotopic (exact) mass is 459 g/mol. The Balaban J connectivity index is 2.45. The summed E-state index contributed by atoms with van der Waals surface area (Å²) < 4.78 is 26.5. The van der Waals surface area contributed by atoms with Gasteiger partial charge < -0.3 is 10.2 Å². The molecule has 0 spiro atoms. The molecule has 0 saturated carbocycles. The summed E-state index contributed by atoms with van der Waals surface area (Å²) in [7, 11) is -2.24. The minimum Gasteiger partial charge on any atom is -0.357 e. The van der Waals surface area contributed by atoms with Crippen LogP contribution in [-0.4, -0.2) is 51.0 Å². The fourth-order valence-electron chi connectivity index (χ4n) is 3.60. The summed E-state index contributed by atoms with van der Waals surface area (Å²) in [4.78, 5) is 27.2. The third-order valence-electron chi connectivity index (χ3n) is 5.36. The second-order valence-corrected chi connectivity index (χ2v) is 10.2. The van der Waals surface area contributed by atoms with Crippen molar-refractivity contribution in [2.75, 3.05) is 24.2 Å². The van der Waals surface area contributed by atoms with Crippen molar-refractivity contribution in [3.8, 4) is 0 Å². The summed E-state index contributed by atoms with van der Waals surface area (Å²) >= 11 is 0. The first-order valence-corrected chi connectivity index (χ1v) is 12.4. The lowest BCUT2D eigenvalue weighted by atomic mass is 10.0. The van der Waals surface area contributed by atoms with Crippen molar-refractivity contribution < 1.29 is 18.0 Å². The maximum Gasteiger partial charge on any atom is 0.244 e. The smallest absolute Gasteiger partial charge is 0.244 e. The Kier molecular flexibility index (Phi) is 8.44. The second kappa shape index (κ2) is 10.6. The van der Waals surface area contributed by atoms with Gasteiger partial charge in [0.2, 0.25) is 21.8 Å². The van der Waals surface area contributed by atoms with E-state index in [0.717, 1.165) is 27.3 Å². The van der Waals surface area contributed by atoms with Crippen molar-refractivity contribution in [3.63, 3.8) is 0 Å². The van der Waals surface area contributed by atoms with Crippen LogP contribution >= 0.6 is 0 Å². The van der Waals surface area contributed by atoms with Gasteiger partial charge in [-0.3, -0.25) is 13.9 Å². The fraction of sp³-hybridized carbons (Fsp3) is 0.417. The molecule has 0 radical (unpaired) electrons. The van der Waals surface area contributed by atoms with Crippen molar-refractivity contribution >= 4 is 27.5 Å². The average Bonchev–Trinajstić information content (AvgIpc) is 2.73. The minimum absolute atomic E-state index is 0.0683. The van der Waals surface area contributed by atoms with E-state index in [1.165, 1.54) is 11.9 Å². The van der Waals surface area contributed by atoms with Gasteiger partial charge in [0.25, 0.3) is 0 Å². The predicted octanol–water partition coefficient (Wildman–Crippen LogP) is 3.05. The number of hydrogen-bond donors (Lipinski definition) is 1. The van der Waals surface area contributed by atoms with E-state index < -0.39 is 28.5 Å². The third kappa shape index (κ3) is 6.32. The molecule has 2 amide bonds. The zero-order valence-electron chi connectivity index (χ0n) is 19.6. The van der Waals surface area contributed by atoms with Gasteiger partial charge in [-0.1, -0.05) is 61.9 Å². The number of rotatable bonds is 9. The highest BCUT2D eigenvalue weighted by Gasteiger charge is 2.30. The van der Waals surface area contributed by atoms with Gasteiger partial charge in [0.05, 0.1) is 11.9 Å². The number of carbonyl (C=O) groups excluding carboxylic acids is 2. The Morgan fingerprint density at radius 2 is 1.69 bits per heavy atom. The number of likely N-dealkylation sites (N-methyl/N-ethyl adjacent to an activating group) is 1. The van der Waals surface area contributed by atoms with Crippen LogP contribution in [-0.2, 0) is 26.2 Å². The van der Waals surface area contributed by atoms with E-state index in [-0.39, 0.29) is 18.4 Å². The van der Waals surface area contributed by atoms with Crippen LogP contribution in [0.3, 0.4) is 0 Å². The Labute approximate surface area is 191 Å². The molecule has 1 unspecified atom stereocenters. The largest absolute Gasteiger partial charge is 0.357 e. The molecule has 0 bridgehead atoms. The quantitative estimate of drug-likeness (QED) is 0.624. The number of nitrogens with zero attached hydrogens (tertiary/aromatic N) is 2. The molecule has 7 nitrogen and oxygen atoms in total. The van der Waals surface area contributed by atoms with Gasteiger partial charge in [-0.05, 0) is 37.0 Å². The summed E-state index contributed by atoms with van der Waals surface area (Å²) in [5.41, 5.74) is 3.20.